The highest BCUT2D eigenvalue weighted by Crippen LogP contribution is 2.25. The zero-order valence-electron chi connectivity index (χ0n) is 11.3. The van der Waals surface area contributed by atoms with Gasteiger partial charge < -0.3 is 14.4 Å². The molecule has 3 rings (SSSR count). The van der Waals surface area contributed by atoms with Crippen molar-refractivity contribution in [2.24, 2.45) is 0 Å². The second-order valence-corrected chi connectivity index (χ2v) is 6.51. The molecule has 0 aliphatic carbocycles. The molecule has 0 radical (unpaired) electrons. The Bertz CT molecular complexity index is 451. The third-order valence-corrected chi connectivity index (χ3v) is 4.90. The predicted molar refractivity (Wildman–Crippen MR) is 80.6 cm³/mol. The Labute approximate surface area is 128 Å². The molecular weight excluding hydrogens is 298 g/mol. The monoisotopic (exact) mass is 315 g/mol. The maximum absolute atomic E-state index is 6.05. The highest BCUT2D eigenvalue weighted by atomic mass is 35.5. The molecule has 1 aromatic rings. The lowest BCUT2D eigenvalue weighted by atomic mass is 10.3. The van der Waals surface area contributed by atoms with Crippen LogP contribution in [0.4, 0.5) is 5.82 Å². The van der Waals surface area contributed by atoms with E-state index in [1.165, 1.54) is 0 Å². The fraction of sp³-hybridized carbons (Fsp3) is 0.692. The summed E-state index contributed by atoms with van der Waals surface area (Å²) in [6.45, 7) is 4.92. The zero-order valence-corrected chi connectivity index (χ0v) is 12.8. The molecule has 0 aromatic carbocycles. The number of ether oxygens (including phenoxy) is 2. The van der Waals surface area contributed by atoms with E-state index in [0.717, 1.165) is 63.2 Å². The molecule has 2 aliphatic heterocycles. The Balaban J connectivity index is 1.65. The minimum Gasteiger partial charge on any atom is -0.380 e. The summed E-state index contributed by atoms with van der Waals surface area (Å²) in [5.74, 6) is 1.76. The number of rotatable bonds is 4. The van der Waals surface area contributed by atoms with Crippen molar-refractivity contribution >= 4 is 29.2 Å². The van der Waals surface area contributed by atoms with Crippen molar-refractivity contribution in [3.63, 3.8) is 0 Å². The number of thioether (sulfide) groups is 1. The van der Waals surface area contributed by atoms with Gasteiger partial charge in [0.15, 0.2) is 0 Å². The summed E-state index contributed by atoms with van der Waals surface area (Å²) in [6.07, 6.45) is 1.12. The topological polar surface area (TPSA) is 47.5 Å². The lowest BCUT2D eigenvalue weighted by Crippen LogP contribution is -2.36. The van der Waals surface area contributed by atoms with Crippen LogP contribution in [0.1, 0.15) is 12.1 Å². The third-order valence-electron chi connectivity index (χ3n) is 3.43. The lowest BCUT2D eigenvalue weighted by Gasteiger charge is -2.28. The maximum Gasteiger partial charge on any atom is 0.224 e. The normalized spacial score (nSPS) is 23.2. The van der Waals surface area contributed by atoms with Crippen LogP contribution in [0.3, 0.4) is 0 Å². The Kier molecular flexibility index (Phi) is 4.99. The van der Waals surface area contributed by atoms with E-state index in [0.29, 0.717) is 10.5 Å². The average Bonchev–Trinajstić information content (AvgIpc) is 2.99. The Morgan fingerprint density at radius 3 is 2.85 bits per heavy atom. The molecule has 5 nitrogen and oxygen atoms in total. The van der Waals surface area contributed by atoms with Crippen LogP contribution in [0, 0.1) is 0 Å². The van der Waals surface area contributed by atoms with Crippen LogP contribution in [0.25, 0.3) is 0 Å². The summed E-state index contributed by atoms with van der Waals surface area (Å²) in [7, 11) is 0. The fourth-order valence-corrected chi connectivity index (χ4v) is 3.53. The fourth-order valence-electron chi connectivity index (χ4n) is 2.33. The number of morpholine rings is 1. The molecule has 2 saturated heterocycles. The molecule has 1 aromatic heterocycles. The van der Waals surface area contributed by atoms with Crippen LogP contribution >= 0.6 is 23.4 Å². The van der Waals surface area contributed by atoms with Gasteiger partial charge in [-0.1, -0.05) is 0 Å². The standard InChI is InChI=1S/C13H18ClN3O2S/c14-13-15-10(9-20-11-1-4-19-8-11)7-12(16-13)17-2-5-18-6-3-17/h7,11H,1-6,8-9H2. The molecule has 0 N–H and O–H groups in total. The smallest absolute Gasteiger partial charge is 0.224 e. The van der Waals surface area contributed by atoms with E-state index in [9.17, 15) is 0 Å². The van der Waals surface area contributed by atoms with Crippen molar-refractivity contribution in [1.82, 2.24) is 9.97 Å². The van der Waals surface area contributed by atoms with Gasteiger partial charge in [-0.2, -0.15) is 0 Å². The number of anilines is 1. The van der Waals surface area contributed by atoms with Crippen molar-refractivity contribution in [2.45, 2.75) is 17.4 Å². The minimum absolute atomic E-state index is 0.326. The van der Waals surface area contributed by atoms with Crippen LogP contribution in [0.15, 0.2) is 6.07 Å². The average molecular weight is 316 g/mol. The van der Waals surface area contributed by atoms with E-state index >= 15 is 0 Å². The van der Waals surface area contributed by atoms with Crippen LogP contribution in [-0.2, 0) is 15.2 Å². The Hall–Kier alpha value is -0.560. The van der Waals surface area contributed by atoms with Crippen molar-refractivity contribution in [1.29, 1.82) is 0 Å². The van der Waals surface area contributed by atoms with Crippen molar-refractivity contribution < 1.29 is 9.47 Å². The Morgan fingerprint density at radius 2 is 2.10 bits per heavy atom. The highest BCUT2D eigenvalue weighted by Gasteiger charge is 2.18. The second-order valence-electron chi connectivity index (χ2n) is 4.88. The summed E-state index contributed by atoms with van der Waals surface area (Å²) in [6, 6.07) is 2.04. The largest absolute Gasteiger partial charge is 0.380 e. The molecule has 1 atom stereocenters. The highest BCUT2D eigenvalue weighted by molar-refractivity contribution is 7.99. The summed E-state index contributed by atoms with van der Waals surface area (Å²) in [4.78, 5) is 10.9. The number of hydrogen-bond acceptors (Lipinski definition) is 6. The number of hydrogen-bond donors (Lipinski definition) is 0. The van der Waals surface area contributed by atoms with Gasteiger partial charge in [0.25, 0.3) is 0 Å². The van der Waals surface area contributed by atoms with Crippen LogP contribution in [0.2, 0.25) is 5.28 Å². The van der Waals surface area contributed by atoms with Gasteiger partial charge in [-0.15, -0.1) is 11.8 Å². The van der Waals surface area contributed by atoms with Crippen LogP contribution < -0.4 is 4.90 Å². The van der Waals surface area contributed by atoms with Crippen LogP contribution in [0.5, 0.6) is 0 Å². The molecular formula is C13H18ClN3O2S. The predicted octanol–water partition coefficient (Wildman–Crippen LogP) is 1.99. The van der Waals surface area contributed by atoms with E-state index in [1.54, 1.807) is 0 Å². The molecule has 2 aliphatic rings. The van der Waals surface area contributed by atoms with E-state index in [4.69, 9.17) is 21.1 Å². The molecule has 0 amide bonds. The van der Waals surface area contributed by atoms with Gasteiger partial charge in [0.2, 0.25) is 5.28 Å². The van der Waals surface area contributed by atoms with Gasteiger partial charge in [-0.3, -0.25) is 0 Å². The molecule has 20 heavy (non-hydrogen) atoms. The first-order valence-electron chi connectivity index (χ1n) is 6.87. The van der Waals surface area contributed by atoms with Crippen molar-refractivity contribution in [3.05, 3.63) is 17.0 Å². The first-order chi connectivity index (χ1) is 9.81. The van der Waals surface area contributed by atoms with E-state index in [1.807, 2.05) is 17.8 Å². The molecule has 7 heteroatoms. The van der Waals surface area contributed by atoms with Crippen molar-refractivity contribution in [3.8, 4) is 0 Å². The summed E-state index contributed by atoms with van der Waals surface area (Å²) >= 11 is 7.93. The van der Waals surface area contributed by atoms with Gasteiger partial charge in [-0.25, -0.2) is 9.97 Å². The van der Waals surface area contributed by atoms with Crippen molar-refractivity contribution in [2.75, 3.05) is 44.4 Å². The van der Waals surface area contributed by atoms with Gasteiger partial charge in [0.1, 0.15) is 5.82 Å². The number of aromatic nitrogens is 2. The van der Waals surface area contributed by atoms with Gasteiger partial charge in [-0.05, 0) is 18.0 Å². The molecule has 3 heterocycles. The lowest BCUT2D eigenvalue weighted by molar-refractivity contribution is 0.122. The second kappa shape index (κ2) is 6.93. The number of halogens is 1. The summed E-state index contributed by atoms with van der Waals surface area (Å²) < 4.78 is 10.7. The van der Waals surface area contributed by atoms with E-state index in [-0.39, 0.29) is 0 Å². The summed E-state index contributed by atoms with van der Waals surface area (Å²) in [5.41, 5.74) is 0.989. The van der Waals surface area contributed by atoms with E-state index in [2.05, 4.69) is 14.9 Å². The molecule has 0 spiro atoms. The number of nitrogens with zero attached hydrogens (tertiary/aromatic N) is 3. The quantitative estimate of drug-likeness (QED) is 0.792. The van der Waals surface area contributed by atoms with E-state index < -0.39 is 0 Å². The molecule has 2 fully saturated rings. The minimum atomic E-state index is 0.326. The van der Waals surface area contributed by atoms with Gasteiger partial charge in [0, 0.05) is 36.8 Å². The maximum atomic E-state index is 6.05. The van der Waals surface area contributed by atoms with Gasteiger partial charge >= 0.3 is 0 Å². The zero-order chi connectivity index (χ0) is 13.8. The Morgan fingerprint density at radius 1 is 1.25 bits per heavy atom. The molecule has 1 unspecified atom stereocenters. The molecule has 0 bridgehead atoms. The van der Waals surface area contributed by atoms with Gasteiger partial charge in [0.05, 0.1) is 25.5 Å². The third kappa shape index (κ3) is 3.75. The molecule has 110 valence electrons. The molecule has 0 saturated carbocycles. The SMILES string of the molecule is Clc1nc(CSC2CCOC2)cc(N2CCOCC2)n1. The summed E-state index contributed by atoms with van der Waals surface area (Å²) in [5, 5.41) is 0.905. The van der Waals surface area contributed by atoms with Crippen LogP contribution in [-0.4, -0.2) is 54.7 Å². The first-order valence-corrected chi connectivity index (χ1v) is 8.29. The first kappa shape index (κ1) is 14.4.